The number of anilines is 1. The molecule has 1 heterocycles. The highest BCUT2D eigenvalue weighted by Gasteiger charge is 2.29. The van der Waals surface area contributed by atoms with E-state index in [2.05, 4.69) is 5.32 Å². The normalized spacial score (nSPS) is 17.8. The molecule has 1 saturated heterocycles. The lowest BCUT2D eigenvalue weighted by Crippen LogP contribution is -2.34. The van der Waals surface area contributed by atoms with Crippen molar-refractivity contribution >= 4 is 23.3 Å². The van der Waals surface area contributed by atoms with Gasteiger partial charge in [0.2, 0.25) is 0 Å². The first-order chi connectivity index (χ1) is 10.2. The van der Waals surface area contributed by atoms with Gasteiger partial charge in [-0.1, -0.05) is 41.9 Å². The first-order valence-electron chi connectivity index (χ1n) is 7.12. The lowest BCUT2D eigenvalue weighted by Gasteiger charge is -2.25. The number of nitrogens with one attached hydrogen (secondary N) is 1. The van der Waals surface area contributed by atoms with Crippen molar-refractivity contribution in [2.45, 2.75) is 18.9 Å². The SMILES string of the molecule is O=C(Nc1ccccc1)N1CCC[C@@H]1c1ccc(Cl)cc1. The second-order valence-electron chi connectivity index (χ2n) is 5.20. The molecule has 1 atom stereocenters. The zero-order valence-corrected chi connectivity index (χ0v) is 12.4. The van der Waals surface area contributed by atoms with E-state index in [9.17, 15) is 4.79 Å². The van der Waals surface area contributed by atoms with Gasteiger partial charge in [-0.05, 0) is 42.7 Å². The number of likely N-dealkylation sites (tertiary alicyclic amines) is 1. The third-order valence-corrected chi connectivity index (χ3v) is 4.05. The van der Waals surface area contributed by atoms with Crippen molar-refractivity contribution in [2.24, 2.45) is 0 Å². The number of hydrogen-bond acceptors (Lipinski definition) is 1. The van der Waals surface area contributed by atoms with Crippen LogP contribution in [0.2, 0.25) is 5.02 Å². The van der Waals surface area contributed by atoms with Crippen molar-refractivity contribution in [1.82, 2.24) is 4.90 Å². The monoisotopic (exact) mass is 300 g/mol. The maximum Gasteiger partial charge on any atom is 0.322 e. The maximum absolute atomic E-state index is 12.5. The Kier molecular flexibility index (Phi) is 4.11. The third-order valence-electron chi connectivity index (χ3n) is 3.79. The summed E-state index contributed by atoms with van der Waals surface area (Å²) in [6, 6.07) is 17.4. The van der Waals surface area contributed by atoms with Gasteiger partial charge in [0.15, 0.2) is 0 Å². The molecule has 1 aliphatic heterocycles. The fraction of sp³-hybridized carbons (Fsp3) is 0.235. The smallest absolute Gasteiger partial charge is 0.317 e. The van der Waals surface area contributed by atoms with Crippen LogP contribution in [0.15, 0.2) is 54.6 Å². The van der Waals surface area contributed by atoms with Crippen LogP contribution in [-0.2, 0) is 0 Å². The van der Waals surface area contributed by atoms with Gasteiger partial charge in [-0.25, -0.2) is 4.79 Å². The topological polar surface area (TPSA) is 32.3 Å². The zero-order chi connectivity index (χ0) is 14.7. The molecular formula is C17H17ClN2O. The predicted octanol–water partition coefficient (Wildman–Crippen LogP) is 4.71. The van der Waals surface area contributed by atoms with Crippen LogP contribution in [0.1, 0.15) is 24.4 Å². The van der Waals surface area contributed by atoms with Crippen molar-refractivity contribution in [2.75, 3.05) is 11.9 Å². The summed E-state index contributed by atoms with van der Waals surface area (Å²) >= 11 is 5.93. The summed E-state index contributed by atoms with van der Waals surface area (Å²) in [6.45, 7) is 0.784. The Labute approximate surface area is 129 Å². The number of carbonyl (C=O) groups excluding carboxylic acids is 1. The highest BCUT2D eigenvalue weighted by molar-refractivity contribution is 6.30. The molecule has 21 heavy (non-hydrogen) atoms. The lowest BCUT2D eigenvalue weighted by molar-refractivity contribution is 0.207. The molecule has 1 fully saturated rings. The number of carbonyl (C=O) groups is 1. The Bertz CT molecular complexity index is 612. The fourth-order valence-electron chi connectivity index (χ4n) is 2.76. The molecular weight excluding hydrogens is 284 g/mol. The number of amides is 2. The second-order valence-corrected chi connectivity index (χ2v) is 5.64. The number of rotatable bonds is 2. The Balaban J connectivity index is 1.74. The van der Waals surface area contributed by atoms with Gasteiger partial charge in [0.25, 0.3) is 0 Å². The summed E-state index contributed by atoms with van der Waals surface area (Å²) in [5.41, 5.74) is 1.96. The van der Waals surface area contributed by atoms with E-state index in [0.29, 0.717) is 0 Å². The summed E-state index contributed by atoms with van der Waals surface area (Å²) in [5, 5.41) is 3.68. The Morgan fingerprint density at radius 1 is 1.10 bits per heavy atom. The molecule has 0 aromatic heterocycles. The van der Waals surface area contributed by atoms with Crippen molar-refractivity contribution in [3.63, 3.8) is 0 Å². The standard InChI is InChI=1S/C17H17ClN2O/c18-14-10-8-13(9-11-14)16-7-4-12-20(16)17(21)19-15-5-2-1-3-6-15/h1-3,5-6,8-11,16H,4,7,12H2,(H,19,21)/t16-/m1/s1. The number of benzene rings is 2. The number of halogens is 1. The molecule has 2 aromatic carbocycles. The summed E-state index contributed by atoms with van der Waals surface area (Å²) in [5.74, 6) is 0. The van der Waals surface area contributed by atoms with Crippen molar-refractivity contribution < 1.29 is 4.79 Å². The van der Waals surface area contributed by atoms with Gasteiger partial charge in [-0.15, -0.1) is 0 Å². The van der Waals surface area contributed by atoms with Crippen molar-refractivity contribution in [3.05, 3.63) is 65.2 Å². The largest absolute Gasteiger partial charge is 0.322 e. The molecule has 0 unspecified atom stereocenters. The second kappa shape index (κ2) is 6.19. The Morgan fingerprint density at radius 3 is 2.52 bits per heavy atom. The highest BCUT2D eigenvalue weighted by atomic mass is 35.5. The minimum atomic E-state index is -0.0429. The molecule has 2 amide bonds. The van der Waals surface area contributed by atoms with Gasteiger partial charge in [0, 0.05) is 17.3 Å². The maximum atomic E-state index is 12.5. The Hall–Kier alpha value is -2.00. The van der Waals surface area contributed by atoms with E-state index < -0.39 is 0 Å². The van der Waals surface area contributed by atoms with E-state index in [-0.39, 0.29) is 12.1 Å². The summed E-state index contributed by atoms with van der Waals surface area (Å²) in [4.78, 5) is 14.4. The minimum absolute atomic E-state index is 0.0429. The van der Waals surface area contributed by atoms with E-state index in [1.165, 1.54) is 0 Å². The molecule has 0 spiro atoms. The van der Waals surface area contributed by atoms with Crippen LogP contribution in [0.25, 0.3) is 0 Å². The van der Waals surface area contributed by atoms with Gasteiger partial charge < -0.3 is 10.2 Å². The van der Waals surface area contributed by atoms with E-state index in [0.717, 1.165) is 35.7 Å². The van der Waals surface area contributed by atoms with E-state index >= 15 is 0 Å². The molecule has 108 valence electrons. The van der Waals surface area contributed by atoms with Crippen molar-refractivity contribution in [1.29, 1.82) is 0 Å². The van der Waals surface area contributed by atoms with Crippen LogP contribution in [-0.4, -0.2) is 17.5 Å². The predicted molar refractivity (Wildman–Crippen MR) is 85.6 cm³/mol. The first kappa shape index (κ1) is 14.0. The molecule has 1 aliphatic rings. The minimum Gasteiger partial charge on any atom is -0.317 e. The average molecular weight is 301 g/mol. The highest BCUT2D eigenvalue weighted by Crippen LogP contribution is 2.32. The van der Waals surface area contributed by atoms with Crippen LogP contribution in [0.5, 0.6) is 0 Å². The van der Waals surface area contributed by atoms with Gasteiger partial charge >= 0.3 is 6.03 Å². The van der Waals surface area contributed by atoms with Gasteiger partial charge in [-0.2, -0.15) is 0 Å². The third kappa shape index (κ3) is 3.19. The van der Waals surface area contributed by atoms with Crippen LogP contribution < -0.4 is 5.32 Å². The van der Waals surface area contributed by atoms with E-state index in [1.807, 2.05) is 59.5 Å². The van der Waals surface area contributed by atoms with Crippen LogP contribution in [0.4, 0.5) is 10.5 Å². The molecule has 0 aliphatic carbocycles. The number of nitrogens with zero attached hydrogens (tertiary/aromatic N) is 1. The van der Waals surface area contributed by atoms with E-state index in [4.69, 9.17) is 11.6 Å². The molecule has 3 nitrogen and oxygen atoms in total. The number of urea groups is 1. The zero-order valence-electron chi connectivity index (χ0n) is 11.6. The fourth-order valence-corrected chi connectivity index (χ4v) is 2.88. The number of hydrogen-bond donors (Lipinski definition) is 1. The summed E-state index contributed by atoms with van der Waals surface area (Å²) in [6.07, 6.45) is 2.01. The van der Waals surface area contributed by atoms with Crippen LogP contribution >= 0.6 is 11.6 Å². The quantitative estimate of drug-likeness (QED) is 0.856. The first-order valence-corrected chi connectivity index (χ1v) is 7.50. The molecule has 0 bridgehead atoms. The van der Waals surface area contributed by atoms with Crippen LogP contribution in [0.3, 0.4) is 0 Å². The molecule has 0 saturated carbocycles. The molecule has 4 heteroatoms. The molecule has 0 radical (unpaired) electrons. The lowest BCUT2D eigenvalue weighted by atomic mass is 10.1. The molecule has 3 rings (SSSR count). The van der Waals surface area contributed by atoms with Gasteiger partial charge in [0.05, 0.1) is 6.04 Å². The average Bonchev–Trinajstić information content (AvgIpc) is 2.98. The van der Waals surface area contributed by atoms with Crippen LogP contribution in [0, 0.1) is 0 Å². The van der Waals surface area contributed by atoms with E-state index in [1.54, 1.807) is 0 Å². The van der Waals surface area contributed by atoms with Gasteiger partial charge in [-0.3, -0.25) is 0 Å². The number of para-hydroxylation sites is 1. The van der Waals surface area contributed by atoms with Crippen molar-refractivity contribution in [3.8, 4) is 0 Å². The summed E-state index contributed by atoms with van der Waals surface area (Å²) < 4.78 is 0. The molecule has 1 N–H and O–H groups in total. The van der Waals surface area contributed by atoms with Gasteiger partial charge in [0.1, 0.15) is 0 Å². The Morgan fingerprint density at radius 2 is 1.81 bits per heavy atom. The molecule has 2 aromatic rings. The summed E-state index contributed by atoms with van der Waals surface area (Å²) in [7, 11) is 0.